The predicted octanol–water partition coefficient (Wildman–Crippen LogP) is 3.39. The van der Waals surface area contributed by atoms with E-state index in [2.05, 4.69) is 5.32 Å². The van der Waals surface area contributed by atoms with Crippen molar-refractivity contribution in [3.63, 3.8) is 0 Å². The van der Waals surface area contributed by atoms with Gasteiger partial charge in [-0.3, -0.25) is 9.59 Å². The van der Waals surface area contributed by atoms with Crippen LogP contribution in [0.25, 0.3) is 0 Å². The number of methoxy groups -OCH3 is 1. The molecule has 28 heavy (non-hydrogen) atoms. The van der Waals surface area contributed by atoms with Gasteiger partial charge in [0.05, 0.1) is 12.5 Å². The maximum absolute atomic E-state index is 13.1. The molecule has 1 saturated heterocycles. The summed E-state index contributed by atoms with van der Waals surface area (Å²) >= 11 is 0. The molecule has 2 amide bonds. The van der Waals surface area contributed by atoms with Gasteiger partial charge in [0.25, 0.3) is 5.91 Å². The van der Waals surface area contributed by atoms with E-state index < -0.39 is 5.41 Å². The van der Waals surface area contributed by atoms with Crippen molar-refractivity contribution in [2.75, 3.05) is 20.2 Å². The van der Waals surface area contributed by atoms with Gasteiger partial charge in [0.1, 0.15) is 11.6 Å². The molecule has 0 spiro atoms. The molecule has 0 unspecified atom stereocenters. The molecule has 0 bridgehead atoms. The molecule has 0 saturated carbocycles. The molecule has 0 aromatic heterocycles. The van der Waals surface area contributed by atoms with Crippen molar-refractivity contribution >= 4 is 11.8 Å². The minimum absolute atomic E-state index is 0.0769. The number of hydrogen-bond donors (Lipinski definition) is 1. The number of ether oxygens (including phenoxy) is 1. The normalized spacial score (nSPS) is 19.2. The van der Waals surface area contributed by atoms with Crippen LogP contribution in [0.2, 0.25) is 0 Å². The molecular weight excluding hydrogens is 359 g/mol. The minimum atomic E-state index is -0.660. The van der Waals surface area contributed by atoms with Gasteiger partial charge in [-0.25, -0.2) is 4.39 Å². The van der Waals surface area contributed by atoms with Crippen molar-refractivity contribution in [1.82, 2.24) is 10.2 Å². The molecule has 2 aromatic rings. The monoisotopic (exact) mass is 384 g/mol. The first-order chi connectivity index (χ1) is 13.4. The summed E-state index contributed by atoms with van der Waals surface area (Å²) < 4.78 is 18.3. The number of benzene rings is 2. The molecule has 1 N–H and O–H groups in total. The van der Waals surface area contributed by atoms with E-state index in [1.54, 1.807) is 12.0 Å². The molecule has 6 heteroatoms. The van der Waals surface area contributed by atoms with Crippen LogP contribution >= 0.6 is 0 Å². The third-order valence-corrected chi connectivity index (χ3v) is 5.21. The lowest BCUT2D eigenvalue weighted by atomic mass is 9.80. The predicted molar refractivity (Wildman–Crippen MR) is 104 cm³/mol. The smallest absolute Gasteiger partial charge is 0.253 e. The summed E-state index contributed by atoms with van der Waals surface area (Å²) in [5, 5.41) is 2.99. The fraction of sp³-hybridized carbons (Fsp3) is 0.364. The van der Waals surface area contributed by atoms with Crippen LogP contribution in [0.3, 0.4) is 0 Å². The van der Waals surface area contributed by atoms with E-state index in [0.717, 1.165) is 17.7 Å². The molecule has 3 rings (SSSR count). The van der Waals surface area contributed by atoms with Crippen molar-refractivity contribution in [2.45, 2.75) is 26.3 Å². The van der Waals surface area contributed by atoms with Crippen LogP contribution in [-0.2, 0) is 11.3 Å². The highest BCUT2D eigenvalue weighted by Crippen LogP contribution is 2.30. The number of rotatable bonds is 5. The molecule has 1 atom stereocenters. The van der Waals surface area contributed by atoms with Crippen molar-refractivity contribution in [2.24, 2.45) is 5.41 Å². The quantitative estimate of drug-likeness (QED) is 0.860. The van der Waals surface area contributed by atoms with Crippen LogP contribution in [0.15, 0.2) is 48.5 Å². The Morgan fingerprint density at radius 1 is 1.21 bits per heavy atom. The highest BCUT2D eigenvalue weighted by atomic mass is 19.1. The number of likely N-dealkylation sites (tertiary alicyclic amines) is 1. The molecule has 1 aliphatic heterocycles. The van der Waals surface area contributed by atoms with Gasteiger partial charge in [-0.05, 0) is 61.7 Å². The zero-order valence-electron chi connectivity index (χ0n) is 16.2. The maximum Gasteiger partial charge on any atom is 0.253 e. The van der Waals surface area contributed by atoms with Crippen molar-refractivity contribution in [3.05, 3.63) is 65.5 Å². The van der Waals surface area contributed by atoms with E-state index in [1.807, 2.05) is 31.2 Å². The van der Waals surface area contributed by atoms with E-state index in [4.69, 9.17) is 4.74 Å². The molecule has 1 fully saturated rings. The Kier molecular flexibility index (Phi) is 5.97. The lowest BCUT2D eigenvalue weighted by Crippen LogP contribution is -2.51. The standard InChI is InChI=1S/C22H25FN2O3/c1-22(21(27)24-14-16-5-3-6-19(13-16)28-2)11-4-12-25(15-22)20(26)17-7-9-18(23)10-8-17/h3,5-10,13H,4,11-12,14-15H2,1-2H3,(H,24,27)/t22-/m1/s1. The highest BCUT2D eigenvalue weighted by molar-refractivity contribution is 5.95. The van der Waals surface area contributed by atoms with Gasteiger partial charge < -0.3 is 15.0 Å². The minimum Gasteiger partial charge on any atom is -0.497 e. The molecule has 1 aliphatic rings. The second kappa shape index (κ2) is 8.42. The Morgan fingerprint density at radius 3 is 2.68 bits per heavy atom. The van der Waals surface area contributed by atoms with Crippen molar-refractivity contribution in [3.8, 4) is 5.75 Å². The summed E-state index contributed by atoms with van der Waals surface area (Å²) in [6.07, 6.45) is 1.46. The van der Waals surface area contributed by atoms with E-state index in [-0.39, 0.29) is 17.6 Å². The molecule has 2 aromatic carbocycles. The highest BCUT2D eigenvalue weighted by Gasteiger charge is 2.39. The number of piperidine rings is 1. The second-order valence-corrected chi connectivity index (χ2v) is 7.43. The summed E-state index contributed by atoms with van der Waals surface area (Å²) in [5.41, 5.74) is 0.723. The Labute approximate surface area is 164 Å². The van der Waals surface area contributed by atoms with Gasteiger partial charge in [-0.15, -0.1) is 0 Å². The number of amides is 2. The van der Waals surface area contributed by atoms with Gasteiger partial charge in [0.15, 0.2) is 0 Å². The van der Waals surface area contributed by atoms with Crippen LogP contribution in [0.5, 0.6) is 5.75 Å². The van der Waals surface area contributed by atoms with Gasteiger partial charge in [-0.1, -0.05) is 12.1 Å². The maximum atomic E-state index is 13.1. The molecule has 0 radical (unpaired) electrons. The Morgan fingerprint density at radius 2 is 1.96 bits per heavy atom. The van der Waals surface area contributed by atoms with Crippen LogP contribution in [0, 0.1) is 11.2 Å². The fourth-order valence-corrected chi connectivity index (χ4v) is 3.55. The molecular formula is C22H25FN2O3. The number of carbonyl (C=O) groups is 2. The second-order valence-electron chi connectivity index (χ2n) is 7.43. The number of nitrogens with one attached hydrogen (secondary N) is 1. The van der Waals surface area contributed by atoms with E-state index in [1.165, 1.54) is 24.3 Å². The van der Waals surface area contributed by atoms with E-state index in [0.29, 0.717) is 31.6 Å². The SMILES string of the molecule is COc1cccc(CNC(=O)[C@]2(C)CCCN(C(=O)c3ccc(F)cc3)C2)c1. The number of nitrogens with zero attached hydrogens (tertiary/aromatic N) is 1. The third-order valence-electron chi connectivity index (χ3n) is 5.21. The number of hydrogen-bond acceptors (Lipinski definition) is 3. The first kappa shape index (κ1) is 19.9. The van der Waals surface area contributed by atoms with Crippen molar-refractivity contribution < 1.29 is 18.7 Å². The summed E-state index contributed by atoms with van der Waals surface area (Å²) in [4.78, 5) is 27.3. The summed E-state index contributed by atoms with van der Waals surface area (Å²) in [7, 11) is 1.60. The Bertz CT molecular complexity index is 853. The topological polar surface area (TPSA) is 58.6 Å². The molecule has 148 valence electrons. The van der Waals surface area contributed by atoms with E-state index >= 15 is 0 Å². The van der Waals surface area contributed by atoms with Gasteiger partial charge in [-0.2, -0.15) is 0 Å². The van der Waals surface area contributed by atoms with Crippen LogP contribution in [0.4, 0.5) is 4.39 Å². The Balaban J connectivity index is 1.64. The van der Waals surface area contributed by atoms with Crippen LogP contribution in [0.1, 0.15) is 35.7 Å². The zero-order chi connectivity index (χ0) is 20.1. The average molecular weight is 384 g/mol. The zero-order valence-corrected chi connectivity index (χ0v) is 16.2. The molecule has 1 heterocycles. The lowest BCUT2D eigenvalue weighted by Gasteiger charge is -2.39. The first-order valence-corrected chi connectivity index (χ1v) is 9.37. The van der Waals surface area contributed by atoms with Gasteiger partial charge >= 0.3 is 0 Å². The number of halogens is 1. The van der Waals surface area contributed by atoms with Gasteiger partial charge in [0, 0.05) is 25.2 Å². The first-order valence-electron chi connectivity index (χ1n) is 9.37. The molecule has 0 aliphatic carbocycles. The van der Waals surface area contributed by atoms with E-state index in [9.17, 15) is 14.0 Å². The van der Waals surface area contributed by atoms with Crippen molar-refractivity contribution in [1.29, 1.82) is 0 Å². The van der Waals surface area contributed by atoms with Gasteiger partial charge in [0.2, 0.25) is 5.91 Å². The summed E-state index contributed by atoms with van der Waals surface area (Å²) in [6, 6.07) is 13.1. The fourth-order valence-electron chi connectivity index (χ4n) is 3.55. The third kappa shape index (κ3) is 4.50. The Hall–Kier alpha value is -2.89. The summed E-state index contributed by atoms with van der Waals surface area (Å²) in [5.74, 6) is 0.113. The molecule has 5 nitrogen and oxygen atoms in total. The summed E-state index contributed by atoms with van der Waals surface area (Å²) in [6.45, 7) is 3.22. The van der Waals surface area contributed by atoms with Crippen LogP contribution in [-0.4, -0.2) is 36.9 Å². The largest absolute Gasteiger partial charge is 0.497 e. The number of carbonyl (C=O) groups excluding carboxylic acids is 2. The lowest BCUT2D eigenvalue weighted by molar-refractivity contribution is -0.132. The average Bonchev–Trinajstić information content (AvgIpc) is 2.72. The van der Waals surface area contributed by atoms with Crippen LogP contribution < -0.4 is 10.1 Å².